The van der Waals surface area contributed by atoms with Crippen LogP contribution >= 0.6 is 0 Å². The van der Waals surface area contributed by atoms with Crippen LogP contribution in [0.4, 0.5) is 11.4 Å². The number of carbonyl (C=O) groups is 3. The van der Waals surface area contributed by atoms with Crippen molar-refractivity contribution in [2.24, 2.45) is 0 Å². The second kappa shape index (κ2) is 12.8. The van der Waals surface area contributed by atoms with Crippen molar-refractivity contribution in [3.63, 3.8) is 0 Å². The first kappa shape index (κ1) is 28.2. The quantitative estimate of drug-likeness (QED) is 0.186. The van der Waals surface area contributed by atoms with Crippen LogP contribution in [0.15, 0.2) is 72.3 Å². The molecule has 0 saturated carbocycles. The van der Waals surface area contributed by atoms with Gasteiger partial charge in [0.1, 0.15) is 11.3 Å². The van der Waals surface area contributed by atoms with Crippen molar-refractivity contribution in [1.82, 2.24) is 4.90 Å². The van der Waals surface area contributed by atoms with Gasteiger partial charge < -0.3 is 29.3 Å². The van der Waals surface area contributed by atoms with Gasteiger partial charge in [-0.15, -0.1) is 0 Å². The zero-order valence-electron chi connectivity index (χ0n) is 23.1. The van der Waals surface area contributed by atoms with Gasteiger partial charge in [-0.2, -0.15) is 0 Å². The number of hydrogen-bond donors (Lipinski definition) is 1. The Morgan fingerprint density at radius 2 is 1.38 bits per heavy atom. The molecule has 9 heteroatoms. The Hall–Kier alpha value is -4.79. The smallest absolute Gasteiger partial charge is 0.261 e. The average molecular weight is 544 g/mol. The van der Waals surface area contributed by atoms with Crippen LogP contribution in [0.25, 0.3) is 6.08 Å². The number of ether oxygens (including phenoxy) is 3. The maximum Gasteiger partial charge on any atom is 0.261 e. The summed E-state index contributed by atoms with van der Waals surface area (Å²) in [6.07, 6.45) is 1.52. The molecule has 0 aliphatic carbocycles. The van der Waals surface area contributed by atoms with E-state index in [-0.39, 0.29) is 11.4 Å². The molecular formula is C31H33N3O6. The molecule has 1 fully saturated rings. The molecule has 0 spiro atoms. The molecule has 9 nitrogen and oxygen atoms in total. The van der Waals surface area contributed by atoms with E-state index in [4.69, 9.17) is 14.2 Å². The third kappa shape index (κ3) is 6.43. The van der Waals surface area contributed by atoms with E-state index in [0.29, 0.717) is 60.2 Å². The Morgan fingerprint density at radius 3 is 1.95 bits per heavy atom. The topological polar surface area (TPSA) is 97.4 Å². The lowest BCUT2D eigenvalue weighted by atomic mass is 10.1. The molecule has 3 aromatic rings. The molecule has 0 atom stereocenters. The summed E-state index contributed by atoms with van der Waals surface area (Å²) in [6.45, 7) is 3.55. The molecule has 1 aliphatic heterocycles. The minimum absolute atomic E-state index is 0.0150. The molecule has 0 bridgehead atoms. The third-order valence-corrected chi connectivity index (χ3v) is 6.75. The van der Waals surface area contributed by atoms with Gasteiger partial charge in [-0.3, -0.25) is 14.4 Å². The summed E-state index contributed by atoms with van der Waals surface area (Å²) in [5.41, 5.74) is 2.67. The zero-order chi connectivity index (χ0) is 28.6. The Balaban J connectivity index is 1.61. The highest BCUT2D eigenvalue weighted by Gasteiger charge is 2.28. The van der Waals surface area contributed by atoms with Gasteiger partial charge in [0.05, 0.1) is 21.3 Å². The van der Waals surface area contributed by atoms with Crippen LogP contribution in [-0.4, -0.2) is 70.0 Å². The molecule has 1 aliphatic rings. The molecule has 1 heterocycles. The highest BCUT2D eigenvalue weighted by Crippen LogP contribution is 2.36. The predicted molar refractivity (Wildman–Crippen MR) is 154 cm³/mol. The summed E-state index contributed by atoms with van der Waals surface area (Å²) >= 11 is 0. The molecule has 1 N–H and O–H groups in total. The predicted octanol–water partition coefficient (Wildman–Crippen LogP) is 4.29. The molecule has 40 heavy (non-hydrogen) atoms. The van der Waals surface area contributed by atoms with Gasteiger partial charge in [-0.05, 0) is 55.5 Å². The van der Waals surface area contributed by atoms with E-state index in [2.05, 4.69) is 10.2 Å². The normalized spacial score (nSPS) is 13.4. The first-order chi connectivity index (χ1) is 19.3. The minimum Gasteiger partial charge on any atom is -0.496 e. The lowest BCUT2D eigenvalue weighted by molar-refractivity contribution is -0.129. The van der Waals surface area contributed by atoms with Crippen LogP contribution in [-0.2, 0) is 9.59 Å². The number of benzene rings is 3. The van der Waals surface area contributed by atoms with Crippen LogP contribution in [0.1, 0.15) is 22.8 Å². The van der Waals surface area contributed by atoms with Gasteiger partial charge in [-0.1, -0.05) is 18.2 Å². The lowest BCUT2D eigenvalue weighted by Crippen LogP contribution is -2.50. The highest BCUT2D eigenvalue weighted by atomic mass is 16.5. The largest absolute Gasteiger partial charge is 0.496 e. The van der Waals surface area contributed by atoms with Crippen LogP contribution in [0, 0.1) is 0 Å². The minimum atomic E-state index is -0.532. The molecular weight excluding hydrogens is 510 g/mol. The first-order valence-electron chi connectivity index (χ1n) is 12.9. The molecule has 4 rings (SSSR count). The summed E-state index contributed by atoms with van der Waals surface area (Å²) in [6, 6.07) is 19.7. The summed E-state index contributed by atoms with van der Waals surface area (Å²) in [5, 5.41) is 2.83. The van der Waals surface area contributed by atoms with Crippen molar-refractivity contribution in [3.8, 4) is 17.2 Å². The highest BCUT2D eigenvalue weighted by molar-refractivity contribution is 6.25. The second-order valence-corrected chi connectivity index (χ2v) is 9.21. The number of ketones is 1. The number of para-hydroxylation sites is 1. The van der Waals surface area contributed by atoms with Crippen molar-refractivity contribution >= 4 is 35.0 Å². The van der Waals surface area contributed by atoms with Crippen LogP contribution in [0.2, 0.25) is 0 Å². The van der Waals surface area contributed by atoms with Gasteiger partial charge in [0.25, 0.3) is 11.8 Å². The molecule has 0 aromatic heterocycles. The number of carbonyl (C=O) groups excluding carboxylic acids is 3. The van der Waals surface area contributed by atoms with E-state index in [1.807, 2.05) is 18.2 Å². The zero-order valence-corrected chi connectivity index (χ0v) is 23.1. The van der Waals surface area contributed by atoms with E-state index in [9.17, 15) is 14.4 Å². The van der Waals surface area contributed by atoms with Gasteiger partial charge in [0.15, 0.2) is 17.3 Å². The number of amides is 2. The Bertz CT molecular complexity index is 1390. The number of rotatable bonds is 9. The number of piperazine rings is 1. The van der Waals surface area contributed by atoms with Gasteiger partial charge in [0.2, 0.25) is 0 Å². The molecule has 2 amide bonds. The summed E-state index contributed by atoms with van der Waals surface area (Å²) < 4.78 is 16.3. The third-order valence-electron chi connectivity index (χ3n) is 6.75. The molecule has 208 valence electrons. The number of anilines is 2. The Labute approximate surface area is 233 Å². The molecule has 0 unspecified atom stereocenters. The Morgan fingerprint density at radius 1 is 0.775 bits per heavy atom. The summed E-state index contributed by atoms with van der Waals surface area (Å²) in [7, 11) is 4.54. The number of hydrogen-bond acceptors (Lipinski definition) is 7. The van der Waals surface area contributed by atoms with Crippen LogP contribution < -0.4 is 24.4 Å². The fraction of sp³-hybridized carbons (Fsp3) is 0.258. The number of Topliss-reactive ketones (excluding diaryl/α,β-unsaturated/α-hetero) is 1. The van der Waals surface area contributed by atoms with Crippen molar-refractivity contribution in [3.05, 3.63) is 83.4 Å². The van der Waals surface area contributed by atoms with Crippen molar-refractivity contribution < 1.29 is 28.6 Å². The number of methoxy groups -OCH3 is 3. The second-order valence-electron chi connectivity index (χ2n) is 9.21. The fourth-order valence-corrected chi connectivity index (χ4v) is 4.51. The maximum atomic E-state index is 13.8. The summed E-state index contributed by atoms with van der Waals surface area (Å²) in [4.78, 5) is 42.7. The average Bonchev–Trinajstić information content (AvgIpc) is 2.99. The maximum absolute atomic E-state index is 13.8. The molecule has 3 aromatic carbocycles. The van der Waals surface area contributed by atoms with E-state index in [1.165, 1.54) is 34.3 Å². The van der Waals surface area contributed by atoms with E-state index < -0.39 is 11.8 Å². The van der Waals surface area contributed by atoms with E-state index in [1.54, 1.807) is 53.4 Å². The van der Waals surface area contributed by atoms with Gasteiger partial charge in [0, 0.05) is 54.7 Å². The Kier molecular flexibility index (Phi) is 9.06. The van der Waals surface area contributed by atoms with E-state index >= 15 is 0 Å². The van der Waals surface area contributed by atoms with Crippen molar-refractivity contribution in [1.29, 1.82) is 0 Å². The molecule has 0 radical (unpaired) electrons. The molecule has 1 saturated heterocycles. The summed E-state index contributed by atoms with van der Waals surface area (Å²) in [5.74, 6) is 0.419. The van der Waals surface area contributed by atoms with Gasteiger partial charge in [-0.25, -0.2) is 0 Å². The lowest BCUT2D eigenvalue weighted by Gasteiger charge is -2.36. The number of nitrogens with one attached hydrogen (secondary N) is 1. The van der Waals surface area contributed by atoms with Crippen molar-refractivity contribution in [2.45, 2.75) is 6.92 Å². The van der Waals surface area contributed by atoms with Crippen molar-refractivity contribution in [2.75, 3.05) is 57.7 Å². The standard InChI is InChI=1S/C31H33N3O6/c1-21(35)22-10-12-25(13-11-22)33-14-16-34(17-15-33)31(37)26(30(36)32-24-8-6-5-7-9-24)18-23-19-28(39-3)29(40-4)20-27(23)38-2/h5-13,18-20H,14-17H2,1-4H3,(H,32,36)/b26-18+. The first-order valence-corrected chi connectivity index (χ1v) is 12.9. The van der Waals surface area contributed by atoms with E-state index in [0.717, 1.165) is 5.69 Å². The SMILES string of the molecule is COc1cc(OC)c(OC)cc1/C=C(\C(=O)Nc1ccccc1)C(=O)N1CCN(c2ccc(C(C)=O)cc2)CC1. The van der Waals surface area contributed by atoms with Crippen LogP contribution in [0.3, 0.4) is 0 Å². The van der Waals surface area contributed by atoms with Crippen LogP contribution in [0.5, 0.6) is 17.2 Å². The monoisotopic (exact) mass is 543 g/mol. The number of nitrogens with zero attached hydrogens (tertiary/aromatic N) is 2. The fourth-order valence-electron chi connectivity index (χ4n) is 4.51. The van der Waals surface area contributed by atoms with Gasteiger partial charge >= 0.3 is 0 Å².